The van der Waals surface area contributed by atoms with E-state index in [0.29, 0.717) is 18.7 Å². The minimum Gasteiger partial charge on any atom is -0.494 e. The van der Waals surface area contributed by atoms with Gasteiger partial charge < -0.3 is 10.1 Å². The molecule has 1 aliphatic rings. The highest BCUT2D eigenvalue weighted by Crippen LogP contribution is 2.27. The Balaban J connectivity index is 1.57. The highest BCUT2D eigenvalue weighted by atomic mass is 16.5. The molecule has 1 aliphatic heterocycles. The van der Waals surface area contributed by atoms with Crippen LogP contribution in [-0.2, 0) is 21.7 Å². The number of hydrazine groups is 1. The fourth-order valence-electron chi connectivity index (χ4n) is 3.34. The molecule has 8 nitrogen and oxygen atoms in total. The third-order valence-corrected chi connectivity index (χ3v) is 4.88. The molecule has 2 N–H and O–H groups in total. The Labute approximate surface area is 175 Å². The van der Waals surface area contributed by atoms with Crippen molar-refractivity contribution in [1.82, 2.24) is 20.7 Å². The van der Waals surface area contributed by atoms with Crippen molar-refractivity contribution in [2.45, 2.75) is 25.9 Å². The van der Waals surface area contributed by atoms with Gasteiger partial charge in [0.15, 0.2) is 0 Å². The Morgan fingerprint density at radius 2 is 1.80 bits per heavy atom. The van der Waals surface area contributed by atoms with Gasteiger partial charge in [-0.3, -0.25) is 19.9 Å². The molecule has 1 fully saturated rings. The maximum absolute atomic E-state index is 12.8. The second-order valence-corrected chi connectivity index (χ2v) is 7.35. The van der Waals surface area contributed by atoms with Gasteiger partial charge >= 0.3 is 6.03 Å². The number of rotatable bonds is 8. The Bertz CT molecular complexity index is 916. The standard InChI is InChI=1S/C22H26N4O4/c1-4-30-18-12-10-16(11-13-18)14-25(3)15-19(27)24-26-20(28)22(2,23-21(26)29)17-8-6-5-7-9-17/h5-13H,4,14-15H2,1-3H3,(H,23,29)(H,24,27)/t22-/m0/s1. The summed E-state index contributed by atoms with van der Waals surface area (Å²) in [6.45, 7) is 4.69. The van der Waals surface area contributed by atoms with E-state index < -0.39 is 23.4 Å². The van der Waals surface area contributed by atoms with E-state index in [9.17, 15) is 14.4 Å². The van der Waals surface area contributed by atoms with Crippen molar-refractivity contribution in [2.75, 3.05) is 20.2 Å². The second-order valence-electron chi connectivity index (χ2n) is 7.35. The molecule has 0 spiro atoms. The number of imide groups is 1. The number of nitrogens with one attached hydrogen (secondary N) is 2. The molecule has 3 rings (SSSR count). The number of carbonyl (C=O) groups excluding carboxylic acids is 3. The first kappa shape index (κ1) is 21.3. The molecule has 0 radical (unpaired) electrons. The summed E-state index contributed by atoms with van der Waals surface area (Å²) in [6, 6.07) is 15.9. The van der Waals surface area contributed by atoms with Crippen molar-refractivity contribution >= 4 is 17.8 Å². The molecule has 0 bridgehead atoms. The molecule has 8 heteroatoms. The number of urea groups is 1. The van der Waals surface area contributed by atoms with E-state index >= 15 is 0 Å². The summed E-state index contributed by atoms with van der Waals surface area (Å²) >= 11 is 0. The van der Waals surface area contributed by atoms with Crippen molar-refractivity contribution in [3.05, 3.63) is 65.7 Å². The largest absolute Gasteiger partial charge is 0.494 e. The number of nitrogens with zero attached hydrogens (tertiary/aromatic N) is 2. The van der Waals surface area contributed by atoms with Crippen LogP contribution in [0.1, 0.15) is 25.0 Å². The zero-order valence-corrected chi connectivity index (χ0v) is 17.3. The fraction of sp³-hybridized carbons (Fsp3) is 0.318. The molecule has 4 amide bonds. The van der Waals surface area contributed by atoms with Gasteiger partial charge in [-0.25, -0.2) is 4.79 Å². The number of benzene rings is 2. The van der Waals surface area contributed by atoms with E-state index in [1.54, 1.807) is 43.1 Å². The lowest BCUT2D eigenvalue weighted by Gasteiger charge is -2.22. The molecule has 30 heavy (non-hydrogen) atoms. The molecule has 0 aromatic heterocycles. The average Bonchev–Trinajstić information content (AvgIpc) is 2.94. The monoisotopic (exact) mass is 410 g/mol. The Morgan fingerprint density at radius 1 is 1.13 bits per heavy atom. The van der Waals surface area contributed by atoms with Gasteiger partial charge in [0.05, 0.1) is 13.2 Å². The molecule has 1 saturated heterocycles. The SMILES string of the molecule is CCOc1ccc(CN(C)CC(=O)NN2C(=O)N[C@@](C)(c3ccccc3)C2=O)cc1. The van der Waals surface area contributed by atoms with Gasteiger partial charge in [0.25, 0.3) is 11.8 Å². The van der Waals surface area contributed by atoms with Crippen LogP contribution in [-0.4, -0.2) is 48.0 Å². The number of amides is 4. The van der Waals surface area contributed by atoms with Crippen LogP contribution in [0.3, 0.4) is 0 Å². The molecular formula is C22H26N4O4. The van der Waals surface area contributed by atoms with Crippen LogP contribution < -0.4 is 15.5 Å². The normalized spacial score (nSPS) is 18.5. The lowest BCUT2D eigenvalue weighted by Crippen LogP contribution is -2.50. The van der Waals surface area contributed by atoms with Crippen molar-refractivity contribution in [3.63, 3.8) is 0 Å². The topological polar surface area (TPSA) is 91.0 Å². The quantitative estimate of drug-likeness (QED) is 0.650. The summed E-state index contributed by atoms with van der Waals surface area (Å²) in [7, 11) is 1.79. The van der Waals surface area contributed by atoms with E-state index in [4.69, 9.17) is 4.74 Å². The minimum absolute atomic E-state index is 0.0202. The van der Waals surface area contributed by atoms with Gasteiger partial charge in [0, 0.05) is 6.54 Å². The third kappa shape index (κ3) is 4.60. The number of ether oxygens (including phenoxy) is 1. The van der Waals surface area contributed by atoms with Crippen LogP contribution >= 0.6 is 0 Å². The van der Waals surface area contributed by atoms with Crippen LogP contribution in [0, 0.1) is 0 Å². The number of hydrogen-bond acceptors (Lipinski definition) is 5. The van der Waals surface area contributed by atoms with Crippen molar-refractivity contribution in [3.8, 4) is 5.75 Å². The Hall–Kier alpha value is -3.39. The van der Waals surface area contributed by atoms with E-state index in [2.05, 4.69) is 10.7 Å². The van der Waals surface area contributed by atoms with E-state index in [-0.39, 0.29) is 6.54 Å². The van der Waals surface area contributed by atoms with Crippen LogP contribution in [0.2, 0.25) is 0 Å². The molecule has 158 valence electrons. The summed E-state index contributed by atoms with van der Waals surface area (Å²) in [6.07, 6.45) is 0. The molecule has 2 aromatic rings. The summed E-state index contributed by atoms with van der Waals surface area (Å²) < 4.78 is 5.42. The van der Waals surface area contributed by atoms with Gasteiger partial charge in [0.1, 0.15) is 11.3 Å². The maximum Gasteiger partial charge on any atom is 0.344 e. The predicted octanol–water partition coefficient (Wildman–Crippen LogP) is 2.02. The molecule has 1 heterocycles. The van der Waals surface area contributed by atoms with Gasteiger partial charge in [-0.1, -0.05) is 42.5 Å². The van der Waals surface area contributed by atoms with E-state index in [1.807, 2.05) is 37.3 Å². The zero-order valence-electron chi connectivity index (χ0n) is 17.3. The van der Waals surface area contributed by atoms with Crippen LogP contribution in [0.25, 0.3) is 0 Å². The summed E-state index contributed by atoms with van der Waals surface area (Å²) in [5, 5.41) is 3.41. The maximum atomic E-state index is 12.8. The van der Waals surface area contributed by atoms with Gasteiger partial charge in [-0.2, -0.15) is 5.01 Å². The highest BCUT2D eigenvalue weighted by molar-refractivity contribution is 6.08. The van der Waals surface area contributed by atoms with Crippen LogP contribution in [0.15, 0.2) is 54.6 Å². The predicted molar refractivity (Wildman–Crippen MR) is 111 cm³/mol. The highest BCUT2D eigenvalue weighted by Gasteiger charge is 2.49. The Kier molecular flexibility index (Phi) is 6.37. The molecular weight excluding hydrogens is 384 g/mol. The second kappa shape index (κ2) is 8.96. The lowest BCUT2D eigenvalue weighted by atomic mass is 9.92. The number of likely N-dealkylation sites (N-methyl/N-ethyl adjacent to an activating group) is 1. The minimum atomic E-state index is -1.22. The van der Waals surface area contributed by atoms with Crippen LogP contribution in [0.4, 0.5) is 4.79 Å². The summed E-state index contributed by atoms with van der Waals surface area (Å²) in [4.78, 5) is 39.4. The van der Waals surface area contributed by atoms with Crippen molar-refractivity contribution < 1.29 is 19.1 Å². The van der Waals surface area contributed by atoms with Crippen molar-refractivity contribution in [2.24, 2.45) is 0 Å². The number of hydrogen-bond donors (Lipinski definition) is 2. The lowest BCUT2D eigenvalue weighted by molar-refractivity contribution is -0.139. The van der Waals surface area contributed by atoms with Gasteiger partial charge in [0.2, 0.25) is 0 Å². The summed E-state index contributed by atoms with van der Waals surface area (Å²) in [5.74, 6) is -0.188. The van der Waals surface area contributed by atoms with Gasteiger partial charge in [-0.15, -0.1) is 0 Å². The fourth-order valence-corrected chi connectivity index (χ4v) is 3.34. The molecule has 0 unspecified atom stereocenters. The molecule has 2 aromatic carbocycles. The molecule has 1 atom stereocenters. The summed E-state index contributed by atoms with van der Waals surface area (Å²) in [5.41, 5.74) is 2.85. The first-order chi connectivity index (χ1) is 14.3. The molecule has 0 saturated carbocycles. The number of carbonyl (C=O) groups is 3. The Morgan fingerprint density at radius 3 is 2.43 bits per heavy atom. The smallest absolute Gasteiger partial charge is 0.344 e. The van der Waals surface area contributed by atoms with E-state index in [0.717, 1.165) is 16.3 Å². The van der Waals surface area contributed by atoms with E-state index in [1.165, 1.54) is 0 Å². The zero-order chi connectivity index (χ0) is 21.7. The first-order valence-electron chi connectivity index (χ1n) is 9.75. The van der Waals surface area contributed by atoms with Crippen LogP contribution in [0.5, 0.6) is 5.75 Å². The van der Waals surface area contributed by atoms with Gasteiger partial charge in [-0.05, 0) is 44.2 Å². The average molecular weight is 410 g/mol. The van der Waals surface area contributed by atoms with Crippen molar-refractivity contribution in [1.29, 1.82) is 0 Å². The molecule has 0 aliphatic carbocycles. The third-order valence-electron chi connectivity index (χ3n) is 4.88. The first-order valence-corrected chi connectivity index (χ1v) is 9.75.